The summed E-state index contributed by atoms with van der Waals surface area (Å²) in [6.07, 6.45) is 3.31. The summed E-state index contributed by atoms with van der Waals surface area (Å²) >= 11 is 0. The molecule has 3 N–H and O–H groups in total. The van der Waals surface area contributed by atoms with Crippen LogP contribution in [-0.2, 0) is 0 Å². The minimum Gasteiger partial charge on any atom is -0.385 e. The lowest BCUT2D eigenvalue weighted by Gasteiger charge is -2.08. The Bertz CT molecular complexity index is 360. The highest BCUT2D eigenvalue weighted by Crippen LogP contribution is 2.15. The van der Waals surface area contributed by atoms with E-state index in [1.807, 2.05) is 6.07 Å². The lowest BCUT2D eigenvalue weighted by atomic mass is 10.1. The number of aromatic nitrogens is 1. The van der Waals surface area contributed by atoms with Gasteiger partial charge in [0.25, 0.3) is 0 Å². The van der Waals surface area contributed by atoms with Crippen molar-refractivity contribution in [2.45, 2.75) is 6.04 Å². The second-order valence-corrected chi connectivity index (χ2v) is 2.71. The van der Waals surface area contributed by atoms with E-state index in [0.29, 0.717) is 0 Å². The number of pyridine rings is 1. The van der Waals surface area contributed by atoms with Gasteiger partial charge in [-0.3, -0.25) is 4.98 Å². The van der Waals surface area contributed by atoms with Gasteiger partial charge in [-0.1, -0.05) is 6.07 Å². The van der Waals surface area contributed by atoms with Crippen LogP contribution in [0.3, 0.4) is 0 Å². The van der Waals surface area contributed by atoms with Crippen molar-refractivity contribution in [3.05, 3.63) is 30.1 Å². The number of nitrogens with two attached hydrogens (primary N) is 1. The summed E-state index contributed by atoms with van der Waals surface area (Å²) in [6, 6.07) is 2.91. The average molecular weight is 176 g/mol. The molecule has 1 aliphatic heterocycles. The van der Waals surface area contributed by atoms with Crippen LogP contribution in [0.2, 0.25) is 0 Å². The van der Waals surface area contributed by atoms with Crippen LogP contribution in [0.15, 0.2) is 29.5 Å². The van der Waals surface area contributed by atoms with E-state index in [1.165, 1.54) is 0 Å². The Labute approximate surface area is 74.7 Å². The summed E-state index contributed by atoms with van der Waals surface area (Å²) in [4.78, 5) is 18.3. The molecule has 0 saturated heterocycles. The van der Waals surface area contributed by atoms with Gasteiger partial charge in [0, 0.05) is 18.0 Å². The standard InChI is InChI=1S/C8H8N4O/c9-7-6(11-8(13)12-7)5-2-1-3-10-4-5/h1-4,6H,(H3,9,11,12,13). The molecule has 0 radical (unpaired) electrons. The molecule has 5 nitrogen and oxygen atoms in total. The molecule has 0 aliphatic carbocycles. The van der Waals surface area contributed by atoms with Crippen molar-refractivity contribution >= 4 is 11.9 Å². The fourth-order valence-corrected chi connectivity index (χ4v) is 1.21. The number of urea groups is 1. The second kappa shape index (κ2) is 2.85. The quantitative estimate of drug-likeness (QED) is 0.641. The maximum Gasteiger partial charge on any atom is 0.343 e. The second-order valence-electron chi connectivity index (χ2n) is 2.71. The van der Waals surface area contributed by atoms with Crippen molar-refractivity contribution in [3.8, 4) is 0 Å². The number of rotatable bonds is 1. The number of hydrogen-bond acceptors (Lipinski definition) is 3. The molecule has 2 amide bonds. The van der Waals surface area contributed by atoms with Gasteiger partial charge >= 0.3 is 6.03 Å². The summed E-state index contributed by atoms with van der Waals surface area (Å²) in [7, 11) is 0. The highest BCUT2D eigenvalue weighted by molar-refractivity contribution is 6.03. The molecule has 13 heavy (non-hydrogen) atoms. The Morgan fingerprint density at radius 1 is 1.54 bits per heavy atom. The van der Waals surface area contributed by atoms with Gasteiger partial charge in [-0.25, -0.2) is 4.79 Å². The Morgan fingerprint density at radius 2 is 2.38 bits per heavy atom. The zero-order valence-electron chi connectivity index (χ0n) is 6.77. The molecule has 5 heteroatoms. The smallest absolute Gasteiger partial charge is 0.343 e. The SMILES string of the molecule is NC1=NC(=O)NC1c1cccnc1. The molecule has 0 fully saturated rings. The Hall–Kier alpha value is -1.91. The molecule has 1 atom stereocenters. The summed E-state index contributed by atoms with van der Waals surface area (Å²) in [6.45, 7) is 0. The van der Waals surface area contributed by atoms with Crippen LogP contribution in [0.4, 0.5) is 4.79 Å². The molecule has 1 aliphatic rings. The Balaban J connectivity index is 2.30. The topological polar surface area (TPSA) is 80.4 Å². The van der Waals surface area contributed by atoms with Crippen molar-refractivity contribution < 1.29 is 4.79 Å². The predicted octanol–water partition coefficient (Wildman–Crippen LogP) is 0.203. The third-order valence-corrected chi connectivity index (χ3v) is 1.81. The maximum absolute atomic E-state index is 10.8. The van der Waals surface area contributed by atoms with E-state index < -0.39 is 6.03 Å². The summed E-state index contributed by atoms with van der Waals surface area (Å²) < 4.78 is 0. The monoisotopic (exact) mass is 176 g/mol. The van der Waals surface area contributed by atoms with Crippen LogP contribution in [-0.4, -0.2) is 16.9 Å². The van der Waals surface area contributed by atoms with E-state index in [0.717, 1.165) is 5.56 Å². The number of nitrogens with one attached hydrogen (secondary N) is 1. The fraction of sp³-hybridized carbons (Fsp3) is 0.125. The molecule has 1 aromatic rings. The molecule has 66 valence electrons. The van der Waals surface area contributed by atoms with E-state index in [-0.39, 0.29) is 11.9 Å². The number of amidine groups is 1. The van der Waals surface area contributed by atoms with E-state index >= 15 is 0 Å². The molecular formula is C8H8N4O. The Morgan fingerprint density at radius 3 is 2.92 bits per heavy atom. The van der Waals surface area contributed by atoms with Crippen LogP contribution in [0.25, 0.3) is 0 Å². The molecule has 0 bridgehead atoms. The van der Waals surface area contributed by atoms with Gasteiger partial charge < -0.3 is 11.1 Å². The van der Waals surface area contributed by atoms with Crippen molar-refractivity contribution in [2.24, 2.45) is 10.7 Å². The third-order valence-electron chi connectivity index (χ3n) is 1.81. The molecule has 1 aromatic heterocycles. The first-order valence-electron chi connectivity index (χ1n) is 3.82. The van der Waals surface area contributed by atoms with Crippen molar-refractivity contribution in [3.63, 3.8) is 0 Å². The van der Waals surface area contributed by atoms with Crippen molar-refractivity contribution in [1.82, 2.24) is 10.3 Å². The van der Waals surface area contributed by atoms with Gasteiger partial charge in [0.15, 0.2) is 0 Å². The first kappa shape index (κ1) is 7.72. The van der Waals surface area contributed by atoms with E-state index in [9.17, 15) is 4.79 Å². The molecule has 2 rings (SSSR count). The van der Waals surface area contributed by atoms with E-state index in [4.69, 9.17) is 5.73 Å². The van der Waals surface area contributed by atoms with E-state index in [2.05, 4.69) is 15.3 Å². The number of carbonyl (C=O) groups excluding carboxylic acids is 1. The number of carbonyl (C=O) groups is 1. The van der Waals surface area contributed by atoms with Crippen molar-refractivity contribution in [2.75, 3.05) is 0 Å². The van der Waals surface area contributed by atoms with Crippen LogP contribution < -0.4 is 11.1 Å². The van der Waals surface area contributed by atoms with Crippen LogP contribution in [0, 0.1) is 0 Å². The normalized spacial score (nSPS) is 21.1. The minimum atomic E-state index is -0.397. The highest BCUT2D eigenvalue weighted by Gasteiger charge is 2.24. The first-order valence-corrected chi connectivity index (χ1v) is 3.82. The maximum atomic E-state index is 10.8. The van der Waals surface area contributed by atoms with Crippen LogP contribution in [0.5, 0.6) is 0 Å². The summed E-state index contributed by atoms with van der Waals surface area (Å²) in [5.41, 5.74) is 6.38. The fourth-order valence-electron chi connectivity index (χ4n) is 1.21. The van der Waals surface area contributed by atoms with Crippen LogP contribution >= 0.6 is 0 Å². The first-order chi connectivity index (χ1) is 6.27. The number of aliphatic imine (C=N–C) groups is 1. The summed E-state index contributed by atoms with van der Waals surface area (Å²) in [5, 5.41) is 2.61. The van der Waals surface area contributed by atoms with Gasteiger partial charge in [0.2, 0.25) is 0 Å². The largest absolute Gasteiger partial charge is 0.385 e. The molecule has 1 unspecified atom stereocenters. The van der Waals surface area contributed by atoms with Gasteiger partial charge in [-0.15, -0.1) is 0 Å². The third kappa shape index (κ3) is 1.35. The number of amides is 2. The molecule has 0 spiro atoms. The molecule has 2 heterocycles. The van der Waals surface area contributed by atoms with Crippen LogP contribution in [0.1, 0.15) is 11.6 Å². The Kier molecular flexibility index (Phi) is 1.70. The van der Waals surface area contributed by atoms with Gasteiger partial charge in [-0.2, -0.15) is 4.99 Å². The predicted molar refractivity (Wildman–Crippen MR) is 47.1 cm³/mol. The van der Waals surface area contributed by atoms with Gasteiger partial charge in [-0.05, 0) is 6.07 Å². The van der Waals surface area contributed by atoms with Gasteiger partial charge in [0.1, 0.15) is 11.9 Å². The van der Waals surface area contributed by atoms with Gasteiger partial charge in [0.05, 0.1) is 0 Å². The lowest BCUT2D eigenvalue weighted by molar-refractivity contribution is 0.250. The molecular weight excluding hydrogens is 168 g/mol. The molecule has 0 saturated carbocycles. The highest BCUT2D eigenvalue weighted by atomic mass is 16.2. The minimum absolute atomic E-state index is 0.290. The molecule has 0 aromatic carbocycles. The lowest BCUT2D eigenvalue weighted by Crippen LogP contribution is -2.27. The van der Waals surface area contributed by atoms with E-state index in [1.54, 1.807) is 18.5 Å². The zero-order valence-corrected chi connectivity index (χ0v) is 6.77. The average Bonchev–Trinajstić information content (AvgIpc) is 2.47. The number of nitrogens with zero attached hydrogens (tertiary/aromatic N) is 2. The van der Waals surface area contributed by atoms with Crippen molar-refractivity contribution in [1.29, 1.82) is 0 Å². The zero-order chi connectivity index (χ0) is 9.26. The summed E-state index contributed by atoms with van der Waals surface area (Å²) in [5.74, 6) is 0.290. The number of hydrogen-bond donors (Lipinski definition) is 2.